The Morgan fingerprint density at radius 2 is 1.76 bits per heavy atom. The number of ether oxygens (including phenoxy) is 1. The summed E-state index contributed by atoms with van der Waals surface area (Å²) in [5, 5.41) is 11.7. The highest BCUT2D eigenvalue weighted by molar-refractivity contribution is 5.99. The number of hydrogen-bond donors (Lipinski definition) is 2. The molecule has 0 spiro atoms. The number of anilines is 1. The topological polar surface area (TPSA) is 75.6 Å². The molecule has 0 unspecified atom stereocenters. The molecule has 0 saturated heterocycles. The van der Waals surface area contributed by atoms with E-state index >= 15 is 0 Å². The molecule has 2 N–H and O–H groups in total. The molecule has 5 heteroatoms. The number of amides is 1. The lowest BCUT2D eigenvalue weighted by molar-refractivity contribution is -0.139. The molecule has 0 bridgehead atoms. The summed E-state index contributed by atoms with van der Waals surface area (Å²) in [6, 6.07) is 16.7. The van der Waals surface area contributed by atoms with Gasteiger partial charge in [0, 0.05) is 11.8 Å². The summed E-state index contributed by atoms with van der Waals surface area (Å²) in [5.74, 6) is -0.643. The minimum atomic E-state index is -1.04. The van der Waals surface area contributed by atoms with E-state index in [-0.39, 0.29) is 5.91 Å². The number of carbonyl (C=O) groups excluding carboxylic acids is 1. The molecule has 5 nitrogen and oxygen atoms in total. The highest BCUT2D eigenvalue weighted by atomic mass is 16.5. The van der Waals surface area contributed by atoms with Crippen LogP contribution in [0.5, 0.6) is 5.75 Å². The van der Waals surface area contributed by atoms with E-state index in [1.54, 1.807) is 24.3 Å². The third-order valence-corrected chi connectivity index (χ3v) is 4.67. The molecule has 0 radical (unpaired) electrons. The fraction of sp³-hybridized carbons (Fsp3) is 0.300. The first kappa shape index (κ1) is 17.0. The van der Waals surface area contributed by atoms with Crippen LogP contribution in [-0.4, -0.2) is 23.6 Å². The number of aliphatic carboxylic acids is 1. The normalized spacial score (nSPS) is 15.5. The smallest absolute Gasteiger partial charge is 0.341 e. The predicted octanol–water partition coefficient (Wildman–Crippen LogP) is 3.60. The van der Waals surface area contributed by atoms with Gasteiger partial charge >= 0.3 is 5.97 Å². The van der Waals surface area contributed by atoms with Crippen LogP contribution in [0.15, 0.2) is 54.6 Å². The van der Waals surface area contributed by atoms with Crippen molar-refractivity contribution in [1.82, 2.24) is 0 Å². The van der Waals surface area contributed by atoms with Gasteiger partial charge in [0.25, 0.3) is 0 Å². The molecule has 0 aromatic heterocycles. The highest BCUT2D eigenvalue weighted by Crippen LogP contribution is 2.42. The third-order valence-electron chi connectivity index (χ3n) is 4.67. The van der Waals surface area contributed by atoms with Crippen molar-refractivity contribution in [1.29, 1.82) is 0 Å². The van der Waals surface area contributed by atoms with Crippen LogP contribution in [0, 0.1) is 0 Å². The van der Waals surface area contributed by atoms with E-state index in [1.165, 1.54) is 0 Å². The second kappa shape index (κ2) is 7.38. The van der Waals surface area contributed by atoms with Crippen molar-refractivity contribution in [2.45, 2.75) is 31.1 Å². The largest absolute Gasteiger partial charge is 0.482 e. The first-order chi connectivity index (χ1) is 12.1. The average molecular weight is 339 g/mol. The summed E-state index contributed by atoms with van der Waals surface area (Å²) in [5.41, 5.74) is 1.15. The van der Waals surface area contributed by atoms with Crippen molar-refractivity contribution < 1.29 is 19.4 Å². The van der Waals surface area contributed by atoms with E-state index in [9.17, 15) is 9.59 Å². The van der Waals surface area contributed by atoms with Crippen molar-refractivity contribution in [3.63, 3.8) is 0 Å². The molecule has 1 aliphatic carbocycles. The number of rotatable bonds is 6. The first-order valence-corrected chi connectivity index (χ1v) is 8.42. The van der Waals surface area contributed by atoms with Gasteiger partial charge in [0.15, 0.2) is 6.61 Å². The minimum Gasteiger partial charge on any atom is -0.482 e. The number of hydrogen-bond acceptors (Lipinski definition) is 3. The van der Waals surface area contributed by atoms with E-state index in [0.717, 1.165) is 31.2 Å². The SMILES string of the molecule is O=C(O)COc1cccc(NC(=O)C2(c3ccccc3)CCCC2)c1. The summed E-state index contributed by atoms with van der Waals surface area (Å²) in [4.78, 5) is 23.7. The van der Waals surface area contributed by atoms with Crippen molar-refractivity contribution in [2.75, 3.05) is 11.9 Å². The van der Waals surface area contributed by atoms with E-state index < -0.39 is 18.0 Å². The Morgan fingerprint density at radius 1 is 1.04 bits per heavy atom. The fourth-order valence-corrected chi connectivity index (χ4v) is 3.44. The Bertz CT molecular complexity index is 751. The fourth-order valence-electron chi connectivity index (χ4n) is 3.44. The standard InChI is InChI=1S/C20H21NO4/c22-18(23)14-25-17-10-6-9-16(13-17)21-19(24)20(11-4-5-12-20)15-7-2-1-3-8-15/h1-3,6-10,13H,4-5,11-12,14H2,(H,21,24)(H,22,23). The van der Waals surface area contributed by atoms with Crippen LogP contribution in [0.2, 0.25) is 0 Å². The maximum absolute atomic E-state index is 13.1. The average Bonchev–Trinajstić information content (AvgIpc) is 3.12. The lowest BCUT2D eigenvalue weighted by Gasteiger charge is -2.28. The van der Waals surface area contributed by atoms with Crippen LogP contribution < -0.4 is 10.1 Å². The molecule has 0 atom stereocenters. The van der Waals surface area contributed by atoms with E-state index in [4.69, 9.17) is 9.84 Å². The zero-order valence-electron chi connectivity index (χ0n) is 13.9. The van der Waals surface area contributed by atoms with Crippen molar-refractivity contribution >= 4 is 17.6 Å². The molecule has 1 amide bonds. The Hall–Kier alpha value is -2.82. The van der Waals surface area contributed by atoms with Gasteiger partial charge in [-0.25, -0.2) is 4.79 Å². The van der Waals surface area contributed by atoms with Crippen molar-refractivity contribution in [3.8, 4) is 5.75 Å². The molecule has 2 aromatic rings. The quantitative estimate of drug-likeness (QED) is 0.843. The van der Waals surface area contributed by atoms with Crippen LogP contribution >= 0.6 is 0 Å². The summed E-state index contributed by atoms with van der Waals surface area (Å²) >= 11 is 0. The molecule has 1 fully saturated rings. The maximum atomic E-state index is 13.1. The van der Waals surface area contributed by atoms with Crippen LogP contribution in [0.1, 0.15) is 31.2 Å². The van der Waals surface area contributed by atoms with Crippen LogP contribution in [0.3, 0.4) is 0 Å². The van der Waals surface area contributed by atoms with Gasteiger partial charge in [0.1, 0.15) is 5.75 Å². The third kappa shape index (κ3) is 3.82. The highest BCUT2D eigenvalue weighted by Gasteiger charge is 2.42. The number of benzene rings is 2. The van der Waals surface area contributed by atoms with E-state index in [0.29, 0.717) is 11.4 Å². The second-order valence-electron chi connectivity index (χ2n) is 6.32. The Morgan fingerprint density at radius 3 is 2.44 bits per heavy atom. The lowest BCUT2D eigenvalue weighted by Crippen LogP contribution is -2.37. The van der Waals surface area contributed by atoms with Gasteiger partial charge in [0.2, 0.25) is 5.91 Å². The molecule has 0 heterocycles. The molecule has 0 aliphatic heterocycles. The molecule has 3 rings (SSSR count). The van der Waals surface area contributed by atoms with Gasteiger partial charge in [-0.3, -0.25) is 4.79 Å². The monoisotopic (exact) mass is 339 g/mol. The van der Waals surface area contributed by atoms with Gasteiger partial charge in [-0.1, -0.05) is 49.2 Å². The molecule has 1 saturated carbocycles. The second-order valence-corrected chi connectivity index (χ2v) is 6.32. The molecule has 1 aliphatic rings. The molecule has 130 valence electrons. The Balaban J connectivity index is 1.78. The first-order valence-electron chi connectivity index (χ1n) is 8.42. The van der Waals surface area contributed by atoms with Crippen LogP contribution in [0.4, 0.5) is 5.69 Å². The van der Waals surface area contributed by atoms with Crippen LogP contribution in [0.25, 0.3) is 0 Å². The summed E-state index contributed by atoms with van der Waals surface area (Å²) in [6.07, 6.45) is 3.73. The van der Waals surface area contributed by atoms with E-state index in [2.05, 4.69) is 5.32 Å². The lowest BCUT2D eigenvalue weighted by atomic mass is 9.78. The van der Waals surface area contributed by atoms with E-state index in [1.807, 2.05) is 30.3 Å². The van der Waals surface area contributed by atoms with Gasteiger partial charge in [-0.05, 0) is 30.5 Å². The van der Waals surface area contributed by atoms with Gasteiger partial charge < -0.3 is 15.2 Å². The van der Waals surface area contributed by atoms with Gasteiger partial charge in [-0.2, -0.15) is 0 Å². The molecule has 2 aromatic carbocycles. The summed E-state index contributed by atoms with van der Waals surface area (Å²) in [6.45, 7) is -0.411. The van der Waals surface area contributed by atoms with Crippen molar-refractivity contribution in [3.05, 3.63) is 60.2 Å². The number of carboxylic acids is 1. The molecular weight excluding hydrogens is 318 g/mol. The minimum absolute atomic E-state index is 0.0217. The zero-order chi connectivity index (χ0) is 17.7. The Labute approximate surface area is 146 Å². The number of carboxylic acid groups (broad SMARTS) is 1. The number of carbonyl (C=O) groups is 2. The van der Waals surface area contributed by atoms with Gasteiger partial charge in [-0.15, -0.1) is 0 Å². The van der Waals surface area contributed by atoms with Crippen molar-refractivity contribution in [2.24, 2.45) is 0 Å². The summed E-state index contributed by atoms with van der Waals surface area (Å²) < 4.78 is 5.17. The predicted molar refractivity (Wildman–Crippen MR) is 94.8 cm³/mol. The number of nitrogens with one attached hydrogen (secondary N) is 1. The summed E-state index contributed by atoms with van der Waals surface area (Å²) in [7, 11) is 0. The van der Waals surface area contributed by atoms with Crippen LogP contribution in [-0.2, 0) is 15.0 Å². The molecular formula is C20H21NO4. The maximum Gasteiger partial charge on any atom is 0.341 e. The molecule has 25 heavy (non-hydrogen) atoms. The Kier molecular flexibility index (Phi) is 5.03. The van der Waals surface area contributed by atoms with Gasteiger partial charge in [0.05, 0.1) is 5.41 Å². The zero-order valence-corrected chi connectivity index (χ0v) is 13.9.